The molecule has 0 saturated carbocycles. The number of benzene rings is 1. The van der Waals surface area contributed by atoms with E-state index in [4.69, 9.17) is 9.68 Å². The van der Waals surface area contributed by atoms with Crippen LogP contribution in [0.1, 0.15) is 34.8 Å². The highest BCUT2D eigenvalue weighted by molar-refractivity contribution is 9.10. The maximum absolute atomic E-state index is 12.5. The van der Waals surface area contributed by atoms with Gasteiger partial charge in [-0.05, 0) is 46.1 Å². The summed E-state index contributed by atoms with van der Waals surface area (Å²) in [5.74, 6) is -0.0677. The van der Waals surface area contributed by atoms with Crippen molar-refractivity contribution in [3.05, 3.63) is 58.0 Å². The van der Waals surface area contributed by atoms with Gasteiger partial charge in [-0.15, -0.1) is 0 Å². The first-order valence-corrected chi connectivity index (χ1v) is 7.46. The minimum atomic E-state index is -0.0677. The molecule has 0 unspecified atom stereocenters. The highest BCUT2D eigenvalue weighted by Gasteiger charge is 2.19. The second-order valence-corrected chi connectivity index (χ2v) is 5.36. The van der Waals surface area contributed by atoms with Gasteiger partial charge >= 0.3 is 0 Å². The van der Waals surface area contributed by atoms with Gasteiger partial charge in [0.15, 0.2) is 4.67 Å². The lowest BCUT2D eigenvalue weighted by Crippen LogP contribution is -2.31. The summed E-state index contributed by atoms with van der Waals surface area (Å²) in [6.07, 6.45) is 2.36. The van der Waals surface area contributed by atoms with E-state index in [2.05, 4.69) is 22.0 Å². The molecule has 1 amide bonds. The van der Waals surface area contributed by atoms with Crippen molar-refractivity contribution in [2.75, 3.05) is 6.54 Å². The number of carbonyl (C=O) groups is 1. The van der Waals surface area contributed by atoms with Gasteiger partial charge in [-0.3, -0.25) is 4.79 Å². The van der Waals surface area contributed by atoms with Crippen LogP contribution in [0.4, 0.5) is 0 Å². The summed E-state index contributed by atoms with van der Waals surface area (Å²) in [5.41, 5.74) is 2.14. The molecule has 0 aliphatic carbocycles. The molecule has 0 fully saturated rings. The smallest absolute Gasteiger partial charge is 0.258 e. The Kier molecular flexibility index (Phi) is 5.18. The van der Waals surface area contributed by atoms with E-state index in [1.807, 2.05) is 19.1 Å². The molecule has 21 heavy (non-hydrogen) atoms. The van der Waals surface area contributed by atoms with Crippen LogP contribution in [0.5, 0.6) is 0 Å². The van der Waals surface area contributed by atoms with Gasteiger partial charge in [0.25, 0.3) is 5.91 Å². The standard InChI is InChI=1S/C16H15BrN2O2/c1-2-8-19(16(20)14-7-9-21-15(14)17)11-13-5-3-12(10-18)4-6-13/h3-7,9H,2,8,11H2,1H3. The maximum Gasteiger partial charge on any atom is 0.258 e. The maximum atomic E-state index is 12.5. The fourth-order valence-corrected chi connectivity index (χ4v) is 2.45. The number of nitriles is 1. The molecule has 2 aromatic rings. The van der Waals surface area contributed by atoms with Crippen LogP contribution in [0.2, 0.25) is 0 Å². The molecule has 0 N–H and O–H groups in total. The highest BCUT2D eigenvalue weighted by atomic mass is 79.9. The zero-order chi connectivity index (χ0) is 15.2. The Bertz CT molecular complexity index is 656. The second kappa shape index (κ2) is 7.09. The number of carbonyl (C=O) groups excluding carboxylic acids is 1. The minimum Gasteiger partial charge on any atom is -0.457 e. The molecule has 1 aromatic carbocycles. The molecule has 0 radical (unpaired) electrons. The van der Waals surface area contributed by atoms with Gasteiger partial charge in [0.2, 0.25) is 0 Å². The Morgan fingerprint density at radius 1 is 1.33 bits per heavy atom. The van der Waals surface area contributed by atoms with Crippen molar-refractivity contribution in [2.24, 2.45) is 0 Å². The first-order chi connectivity index (χ1) is 10.2. The molecule has 0 aliphatic rings. The van der Waals surface area contributed by atoms with Crippen LogP contribution in [-0.4, -0.2) is 17.4 Å². The first kappa shape index (κ1) is 15.3. The lowest BCUT2D eigenvalue weighted by atomic mass is 10.1. The third-order valence-corrected chi connectivity index (χ3v) is 3.70. The third kappa shape index (κ3) is 3.73. The van der Waals surface area contributed by atoms with Gasteiger partial charge in [0.1, 0.15) is 0 Å². The average Bonchev–Trinajstić information content (AvgIpc) is 2.93. The summed E-state index contributed by atoms with van der Waals surface area (Å²) in [5, 5.41) is 8.81. The molecule has 0 bridgehead atoms. The molecule has 4 nitrogen and oxygen atoms in total. The summed E-state index contributed by atoms with van der Waals surface area (Å²) in [6, 6.07) is 11.0. The quantitative estimate of drug-likeness (QED) is 0.822. The fourth-order valence-electron chi connectivity index (χ4n) is 2.04. The van der Waals surface area contributed by atoms with Crippen molar-refractivity contribution in [3.8, 4) is 6.07 Å². The topological polar surface area (TPSA) is 57.2 Å². The lowest BCUT2D eigenvalue weighted by Gasteiger charge is -2.22. The SMILES string of the molecule is CCCN(Cc1ccc(C#N)cc1)C(=O)c1ccoc1Br. The van der Waals surface area contributed by atoms with Crippen LogP contribution in [0, 0.1) is 11.3 Å². The summed E-state index contributed by atoms with van der Waals surface area (Å²) < 4.78 is 5.58. The molecule has 0 saturated heterocycles. The van der Waals surface area contributed by atoms with Gasteiger partial charge in [-0.25, -0.2) is 0 Å². The highest BCUT2D eigenvalue weighted by Crippen LogP contribution is 2.20. The molecular formula is C16H15BrN2O2. The van der Waals surface area contributed by atoms with E-state index in [1.54, 1.807) is 23.1 Å². The molecule has 1 aromatic heterocycles. The molecule has 0 aliphatic heterocycles. The van der Waals surface area contributed by atoms with Crippen LogP contribution in [0.25, 0.3) is 0 Å². The van der Waals surface area contributed by atoms with Crippen molar-refractivity contribution in [1.29, 1.82) is 5.26 Å². The summed E-state index contributed by atoms with van der Waals surface area (Å²) in [7, 11) is 0. The summed E-state index contributed by atoms with van der Waals surface area (Å²) in [6.45, 7) is 3.20. The third-order valence-electron chi connectivity index (χ3n) is 3.09. The molecule has 0 spiro atoms. The van der Waals surface area contributed by atoms with E-state index in [9.17, 15) is 4.79 Å². The number of amides is 1. The van der Waals surface area contributed by atoms with E-state index >= 15 is 0 Å². The molecule has 108 valence electrons. The number of hydrogen-bond donors (Lipinski definition) is 0. The predicted molar refractivity (Wildman–Crippen MR) is 82.6 cm³/mol. The number of nitrogens with zero attached hydrogens (tertiary/aromatic N) is 2. The average molecular weight is 347 g/mol. The van der Waals surface area contributed by atoms with Gasteiger partial charge in [0, 0.05) is 13.1 Å². The van der Waals surface area contributed by atoms with Crippen LogP contribution < -0.4 is 0 Å². The van der Waals surface area contributed by atoms with Gasteiger partial charge in [-0.1, -0.05) is 19.1 Å². The molecule has 1 heterocycles. The number of halogens is 1. The van der Waals surface area contributed by atoms with Crippen LogP contribution in [0.3, 0.4) is 0 Å². The monoisotopic (exact) mass is 346 g/mol. The second-order valence-electron chi connectivity index (χ2n) is 4.64. The number of furan rings is 1. The normalized spacial score (nSPS) is 10.1. The zero-order valence-corrected chi connectivity index (χ0v) is 13.3. The Labute approximate surface area is 132 Å². The predicted octanol–water partition coefficient (Wildman–Crippen LogP) is 3.97. The number of hydrogen-bond acceptors (Lipinski definition) is 3. The van der Waals surface area contributed by atoms with Crippen LogP contribution in [-0.2, 0) is 6.54 Å². The van der Waals surface area contributed by atoms with E-state index in [0.29, 0.717) is 28.9 Å². The minimum absolute atomic E-state index is 0.0677. The van der Waals surface area contributed by atoms with Gasteiger partial charge in [0.05, 0.1) is 23.5 Å². The lowest BCUT2D eigenvalue weighted by molar-refractivity contribution is 0.0741. The van der Waals surface area contributed by atoms with Crippen LogP contribution in [0.15, 0.2) is 45.7 Å². The summed E-state index contributed by atoms with van der Waals surface area (Å²) in [4.78, 5) is 14.3. The van der Waals surface area contributed by atoms with E-state index in [0.717, 1.165) is 12.0 Å². The number of rotatable bonds is 5. The molecular weight excluding hydrogens is 332 g/mol. The van der Waals surface area contributed by atoms with Crippen molar-refractivity contribution >= 4 is 21.8 Å². The van der Waals surface area contributed by atoms with Crippen LogP contribution >= 0.6 is 15.9 Å². The largest absolute Gasteiger partial charge is 0.457 e. The Morgan fingerprint density at radius 3 is 2.57 bits per heavy atom. The van der Waals surface area contributed by atoms with E-state index in [-0.39, 0.29) is 5.91 Å². The van der Waals surface area contributed by atoms with Crippen molar-refractivity contribution < 1.29 is 9.21 Å². The van der Waals surface area contributed by atoms with Crippen molar-refractivity contribution in [3.63, 3.8) is 0 Å². The first-order valence-electron chi connectivity index (χ1n) is 6.67. The Morgan fingerprint density at radius 2 is 2.05 bits per heavy atom. The Hall–Kier alpha value is -2.06. The summed E-state index contributed by atoms with van der Waals surface area (Å²) >= 11 is 3.24. The van der Waals surface area contributed by atoms with Crippen molar-refractivity contribution in [1.82, 2.24) is 4.90 Å². The molecule has 2 rings (SSSR count). The fraction of sp³-hybridized carbons (Fsp3) is 0.250. The van der Waals surface area contributed by atoms with Gasteiger partial charge < -0.3 is 9.32 Å². The van der Waals surface area contributed by atoms with Gasteiger partial charge in [-0.2, -0.15) is 5.26 Å². The molecule has 5 heteroatoms. The Balaban J connectivity index is 2.17. The van der Waals surface area contributed by atoms with E-state index < -0.39 is 0 Å². The van der Waals surface area contributed by atoms with Crippen molar-refractivity contribution in [2.45, 2.75) is 19.9 Å². The zero-order valence-electron chi connectivity index (χ0n) is 11.7. The molecule has 0 atom stereocenters. The van der Waals surface area contributed by atoms with E-state index in [1.165, 1.54) is 6.26 Å².